The van der Waals surface area contributed by atoms with E-state index in [2.05, 4.69) is 15.8 Å². The summed E-state index contributed by atoms with van der Waals surface area (Å²) in [5.41, 5.74) is 5.74. The van der Waals surface area contributed by atoms with Gasteiger partial charge in [-0.05, 0) is 42.3 Å². The second kappa shape index (κ2) is 9.93. The second-order valence-corrected chi connectivity index (χ2v) is 6.76. The smallest absolute Gasteiger partial charge is 0.271 e. The van der Waals surface area contributed by atoms with Crippen LogP contribution in [0.2, 0.25) is 0 Å². The average molecular weight is 416 g/mol. The minimum Gasteiger partial charge on any atom is -0.326 e. The standard InChI is InChI=1S/C23H20N4O4/c1-16(15-22(28)24-20-11-13-21(14-12-20)27(30)31)25-26-23(29)19-9-7-18(8-10-19)17-5-3-2-4-6-17/h2-14H,15H2,1H3,(H,24,28)(H,26,29). The quantitative estimate of drug-likeness (QED) is 0.338. The predicted octanol–water partition coefficient (Wildman–Crippen LogP) is 4.40. The molecular weight excluding hydrogens is 396 g/mol. The molecule has 0 saturated heterocycles. The first kappa shape index (κ1) is 21.4. The van der Waals surface area contributed by atoms with E-state index in [0.29, 0.717) is 17.0 Å². The number of nitrogens with one attached hydrogen (secondary N) is 2. The van der Waals surface area contributed by atoms with E-state index in [0.717, 1.165) is 11.1 Å². The fourth-order valence-corrected chi connectivity index (χ4v) is 2.80. The van der Waals surface area contributed by atoms with E-state index in [-0.39, 0.29) is 23.9 Å². The summed E-state index contributed by atoms with van der Waals surface area (Å²) >= 11 is 0. The van der Waals surface area contributed by atoms with Crippen LogP contribution in [0.15, 0.2) is 84.0 Å². The highest BCUT2D eigenvalue weighted by Gasteiger charge is 2.09. The molecule has 8 nitrogen and oxygen atoms in total. The van der Waals surface area contributed by atoms with Gasteiger partial charge < -0.3 is 5.32 Å². The Morgan fingerprint density at radius 1 is 0.903 bits per heavy atom. The molecule has 2 amide bonds. The SMILES string of the molecule is CC(CC(=O)Nc1ccc([N+](=O)[O-])cc1)=NNC(=O)c1ccc(-c2ccccc2)cc1. The summed E-state index contributed by atoms with van der Waals surface area (Å²) in [5.74, 6) is -0.730. The Kier molecular flexibility index (Phi) is 6.85. The highest BCUT2D eigenvalue weighted by molar-refractivity contribution is 6.06. The first-order chi connectivity index (χ1) is 14.9. The van der Waals surface area contributed by atoms with Crippen LogP contribution in [0.25, 0.3) is 11.1 Å². The predicted molar refractivity (Wildman–Crippen MR) is 119 cm³/mol. The lowest BCUT2D eigenvalue weighted by atomic mass is 10.0. The molecule has 0 saturated carbocycles. The van der Waals surface area contributed by atoms with E-state index in [1.165, 1.54) is 24.3 Å². The Bertz CT molecular complexity index is 1110. The molecule has 0 radical (unpaired) electrons. The monoisotopic (exact) mass is 416 g/mol. The zero-order valence-electron chi connectivity index (χ0n) is 16.7. The number of nitro groups is 1. The largest absolute Gasteiger partial charge is 0.326 e. The molecule has 0 unspecified atom stereocenters. The van der Waals surface area contributed by atoms with Crippen molar-refractivity contribution in [2.24, 2.45) is 5.10 Å². The fraction of sp³-hybridized carbons (Fsp3) is 0.0870. The number of hydrazone groups is 1. The Morgan fingerprint density at radius 2 is 1.52 bits per heavy atom. The Labute approximate surface area is 178 Å². The number of nitrogens with zero attached hydrogens (tertiary/aromatic N) is 2. The minimum absolute atomic E-state index is 0.0375. The summed E-state index contributed by atoms with van der Waals surface area (Å²) in [6, 6.07) is 22.5. The molecule has 0 atom stereocenters. The molecule has 0 aromatic heterocycles. The maximum absolute atomic E-state index is 12.3. The van der Waals surface area contributed by atoms with Crippen LogP contribution in [0.1, 0.15) is 23.7 Å². The minimum atomic E-state index is -0.514. The van der Waals surface area contributed by atoms with Crippen molar-refractivity contribution in [3.63, 3.8) is 0 Å². The van der Waals surface area contributed by atoms with Crippen molar-refractivity contribution in [3.05, 3.63) is 94.5 Å². The van der Waals surface area contributed by atoms with Gasteiger partial charge in [-0.15, -0.1) is 0 Å². The van der Waals surface area contributed by atoms with E-state index in [4.69, 9.17) is 0 Å². The molecular formula is C23H20N4O4. The van der Waals surface area contributed by atoms with Gasteiger partial charge in [-0.25, -0.2) is 5.43 Å². The van der Waals surface area contributed by atoms with Crippen LogP contribution in [0.4, 0.5) is 11.4 Å². The van der Waals surface area contributed by atoms with Gasteiger partial charge >= 0.3 is 0 Å². The third-order valence-electron chi connectivity index (χ3n) is 4.38. The summed E-state index contributed by atoms with van der Waals surface area (Å²) < 4.78 is 0. The maximum atomic E-state index is 12.3. The van der Waals surface area contributed by atoms with E-state index in [9.17, 15) is 19.7 Å². The third-order valence-corrected chi connectivity index (χ3v) is 4.38. The average Bonchev–Trinajstić information content (AvgIpc) is 2.78. The van der Waals surface area contributed by atoms with Crippen molar-refractivity contribution in [1.29, 1.82) is 0 Å². The van der Waals surface area contributed by atoms with Gasteiger partial charge in [0.2, 0.25) is 5.91 Å². The molecule has 8 heteroatoms. The molecule has 0 spiro atoms. The van der Waals surface area contributed by atoms with Gasteiger partial charge in [-0.3, -0.25) is 19.7 Å². The maximum Gasteiger partial charge on any atom is 0.271 e. The van der Waals surface area contributed by atoms with Crippen LogP contribution >= 0.6 is 0 Å². The number of carbonyl (C=O) groups is 2. The molecule has 2 N–H and O–H groups in total. The molecule has 0 aliphatic rings. The molecule has 3 aromatic carbocycles. The van der Waals surface area contributed by atoms with E-state index in [1.807, 2.05) is 42.5 Å². The lowest BCUT2D eigenvalue weighted by molar-refractivity contribution is -0.384. The Morgan fingerprint density at radius 3 is 2.13 bits per heavy atom. The number of carbonyl (C=O) groups excluding carboxylic acids is 2. The molecule has 3 aromatic rings. The highest BCUT2D eigenvalue weighted by Crippen LogP contribution is 2.19. The number of benzene rings is 3. The fourth-order valence-electron chi connectivity index (χ4n) is 2.80. The van der Waals surface area contributed by atoms with Crippen LogP contribution in [0.5, 0.6) is 0 Å². The van der Waals surface area contributed by atoms with Crippen LogP contribution in [0.3, 0.4) is 0 Å². The normalized spacial score (nSPS) is 10.9. The summed E-state index contributed by atoms with van der Waals surface area (Å²) in [6.07, 6.45) is -0.0375. The number of amides is 2. The zero-order chi connectivity index (χ0) is 22.2. The zero-order valence-corrected chi connectivity index (χ0v) is 16.7. The van der Waals surface area contributed by atoms with Gasteiger partial charge in [0.1, 0.15) is 0 Å². The van der Waals surface area contributed by atoms with Crippen molar-refractivity contribution in [1.82, 2.24) is 5.43 Å². The molecule has 0 aliphatic carbocycles. The molecule has 0 aliphatic heterocycles. The number of hydrogen-bond acceptors (Lipinski definition) is 5. The third kappa shape index (κ3) is 6.07. The first-order valence-electron chi connectivity index (χ1n) is 9.45. The molecule has 156 valence electrons. The van der Waals surface area contributed by atoms with E-state index in [1.54, 1.807) is 19.1 Å². The van der Waals surface area contributed by atoms with Crippen molar-refractivity contribution >= 4 is 28.9 Å². The topological polar surface area (TPSA) is 114 Å². The van der Waals surface area contributed by atoms with Crippen LogP contribution in [0, 0.1) is 10.1 Å². The number of rotatable bonds is 7. The molecule has 0 bridgehead atoms. The van der Waals surface area contributed by atoms with E-state index < -0.39 is 4.92 Å². The summed E-state index contributed by atoms with van der Waals surface area (Å²) in [7, 11) is 0. The first-order valence-corrected chi connectivity index (χ1v) is 9.45. The molecule has 3 rings (SSSR count). The Balaban J connectivity index is 1.52. The molecule has 0 heterocycles. The number of non-ortho nitro benzene ring substituents is 1. The number of hydrogen-bond donors (Lipinski definition) is 2. The van der Waals surface area contributed by atoms with Gasteiger partial charge in [-0.2, -0.15) is 5.10 Å². The van der Waals surface area contributed by atoms with Gasteiger partial charge in [0, 0.05) is 29.1 Å². The van der Waals surface area contributed by atoms with E-state index >= 15 is 0 Å². The number of nitro benzene ring substituents is 1. The highest BCUT2D eigenvalue weighted by atomic mass is 16.6. The second-order valence-electron chi connectivity index (χ2n) is 6.76. The number of anilines is 1. The van der Waals surface area contributed by atoms with Crippen molar-refractivity contribution in [2.45, 2.75) is 13.3 Å². The molecule has 0 fully saturated rings. The van der Waals surface area contributed by atoms with Crippen LogP contribution < -0.4 is 10.7 Å². The summed E-state index contributed by atoms with van der Waals surface area (Å²) in [6.45, 7) is 1.62. The lowest BCUT2D eigenvalue weighted by Gasteiger charge is -2.06. The van der Waals surface area contributed by atoms with Gasteiger partial charge in [-0.1, -0.05) is 42.5 Å². The Hall–Kier alpha value is -4.33. The van der Waals surface area contributed by atoms with Crippen molar-refractivity contribution in [3.8, 4) is 11.1 Å². The van der Waals surface area contributed by atoms with Gasteiger partial charge in [0.25, 0.3) is 11.6 Å². The van der Waals surface area contributed by atoms with Crippen LogP contribution in [-0.2, 0) is 4.79 Å². The van der Waals surface area contributed by atoms with Crippen molar-refractivity contribution in [2.75, 3.05) is 5.32 Å². The van der Waals surface area contributed by atoms with Crippen molar-refractivity contribution < 1.29 is 14.5 Å². The lowest BCUT2D eigenvalue weighted by Crippen LogP contribution is -2.21. The van der Waals surface area contributed by atoms with Gasteiger partial charge in [0.15, 0.2) is 0 Å². The van der Waals surface area contributed by atoms with Crippen LogP contribution in [-0.4, -0.2) is 22.4 Å². The van der Waals surface area contributed by atoms with Gasteiger partial charge in [0.05, 0.1) is 11.3 Å². The molecule has 31 heavy (non-hydrogen) atoms. The summed E-state index contributed by atoms with van der Waals surface area (Å²) in [5, 5.41) is 17.3. The summed E-state index contributed by atoms with van der Waals surface area (Å²) in [4.78, 5) is 34.5.